The molecule has 102 valence electrons. The highest BCUT2D eigenvalue weighted by atomic mass is 19.4. The maximum atomic E-state index is 12.1. The van der Waals surface area contributed by atoms with E-state index in [1.807, 2.05) is 0 Å². The number of benzene rings is 1. The van der Waals surface area contributed by atoms with E-state index in [2.05, 4.69) is 0 Å². The first-order valence-corrected chi connectivity index (χ1v) is 5.04. The number of hydrogen-bond donors (Lipinski definition) is 2. The van der Waals surface area contributed by atoms with E-state index in [1.54, 1.807) is 0 Å². The summed E-state index contributed by atoms with van der Waals surface area (Å²) in [5.41, 5.74) is 0.281. The third-order valence-corrected chi connectivity index (χ3v) is 2.21. The summed E-state index contributed by atoms with van der Waals surface area (Å²) in [5.74, 6) is 0.518. The van der Waals surface area contributed by atoms with Crippen molar-refractivity contribution in [2.45, 2.75) is 18.9 Å². The number of rotatable bonds is 5. The molecule has 0 aromatic heterocycles. The topological polar surface area (TPSA) is 58.9 Å². The van der Waals surface area contributed by atoms with Crippen molar-refractivity contribution in [3.8, 4) is 11.5 Å². The fourth-order valence-electron chi connectivity index (χ4n) is 1.21. The van der Waals surface area contributed by atoms with Crippen molar-refractivity contribution in [3.05, 3.63) is 23.8 Å². The van der Waals surface area contributed by atoms with Crippen LogP contribution in [0.5, 0.6) is 11.5 Å². The second-order valence-electron chi connectivity index (χ2n) is 3.50. The summed E-state index contributed by atoms with van der Waals surface area (Å²) in [4.78, 5) is 0. The van der Waals surface area contributed by atoms with Crippen LogP contribution in [0.3, 0.4) is 0 Å². The second-order valence-corrected chi connectivity index (χ2v) is 3.50. The van der Waals surface area contributed by atoms with E-state index in [-0.39, 0.29) is 11.3 Å². The van der Waals surface area contributed by atoms with E-state index in [1.165, 1.54) is 25.3 Å². The molecule has 0 saturated carbocycles. The van der Waals surface area contributed by atoms with Crippen molar-refractivity contribution in [1.82, 2.24) is 0 Å². The van der Waals surface area contributed by atoms with Gasteiger partial charge in [0.25, 0.3) is 0 Å². The zero-order valence-corrected chi connectivity index (χ0v) is 9.57. The molecule has 0 fully saturated rings. The molecule has 0 bridgehead atoms. The van der Waals surface area contributed by atoms with Crippen LogP contribution in [0, 0.1) is 0 Å². The summed E-state index contributed by atoms with van der Waals surface area (Å²) < 4.78 is 45.9. The number of hydrogen-bond acceptors (Lipinski definition) is 4. The molecule has 18 heavy (non-hydrogen) atoms. The van der Waals surface area contributed by atoms with Gasteiger partial charge in [0.05, 0.1) is 13.7 Å². The quantitative estimate of drug-likeness (QED) is 0.847. The van der Waals surface area contributed by atoms with Crippen LogP contribution in [0.1, 0.15) is 5.56 Å². The lowest BCUT2D eigenvalue weighted by atomic mass is 10.2. The van der Waals surface area contributed by atoms with E-state index in [0.29, 0.717) is 5.75 Å². The van der Waals surface area contributed by atoms with Gasteiger partial charge in [-0.2, -0.15) is 13.2 Å². The molecule has 1 aromatic rings. The molecule has 1 atom stereocenters. The van der Waals surface area contributed by atoms with Gasteiger partial charge in [-0.05, 0) is 18.2 Å². The molecule has 0 saturated heterocycles. The summed E-state index contributed by atoms with van der Waals surface area (Å²) in [6.45, 7) is -1.34. The number of ether oxygens (including phenoxy) is 2. The number of halogens is 3. The van der Waals surface area contributed by atoms with Gasteiger partial charge in [-0.15, -0.1) is 0 Å². The Morgan fingerprint density at radius 2 is 2.00 bits per heavy atom. The zero-order chi connectivity index (χ0) is 13.8. The van der Waals surface area contributed by atoms with Crippen molar-refractivity contribution in [2.24, 2.45) is 0 Å². The highest BCUT2D eigenvalue weighted by Crippen LogP contribution is 2.26. The molecule has 1 aromatic carbocycles. The molecule has 1 rings (SSSR count). The Balaban J connectivity index is 2.73. The highest BCUT2D eigenvalue weighted by Gasteiger charge is 2.38. The summed E-state index contributed by atoms with van der Waals surface area (Å²) in [6.07, 6.45) is -7.29. The summed E-state index contributed by atoms with van der Waals surface area (Å²) in [6, 6.07) is 4.29. The molecule has 0 heterocycles. The van der Waals surface area contributed by atoms with Crippen LogP contribution >= 0.6 is 0 Å². The van der Waals surface area contributed by atoms with E-state index >= 15 is 0 Å². The summed E-state index contributed by atoms with van der Waals surface area (Å²) >= 11 is 0. The number of aliphatic hydroxyl groups is 2. The third kappa shape index (κ3) is 3.78. The van der Waals surface area contributed by atoms with Crippen molar-refractivity contribution in [2.75, 3.05) is 13.7 Å². The molecule has 7 heteroatoms. The van der Waals surface area contributed by atoms with E-state index in [4.69, 9.17) is 19.7 Å². The molecule has 0 amide bonds. The molecular formula is C11H13F3O4. The van der Waals surface area contributed by atoms with Gasteiger partial charge in [-0.25, -0.2) is 0 Å². The van der Waals surface area contributed by atoms with E-state index < -0.39 is 25.5 Å². The smallest absolute Gasteiger partial charge is 0.417 e. The Morgan fingerprint density at radius 3 is 2.50 bits per heavy atom. The Hall–Kier alpha value is -1.47. The minimum absolute atomic E-state index is 0.0709. The van der Waals surface area contributed by atoms with Crippen LogP contribution < -0.4 is 9.47 Å². The van der Waals surface area contributed by atoms with Crippen LogP contribution in [0.15, 0.2) is 18.2 Å². The standard InChI is InChI=1S/C11H13F3O4/c1-17-8-2-3-9(7(4-8)5-15)18-6-10(16)11(12,13)14/h2-4,10,15-16H,5-6H2,1H3. The molecule has 0 spiro atoms. The van der Waals surface area contributed by atoms with Gasteiger partial charge in [0.15, 0.2) is 6.10 Å². The lowest BCUT2D eigenvalue weighted by Gasteiger charge is -2.17. The molecule has 4 nitrogen and oxygen atoms in total. The first-order chi connectivity index (χ1) is 8.38. The first kappa shape index (κ1) is 14.6. The monoisotopic (exact) mass is 266 g/mol. The van der Waals surface area contributed by atoms with Crippen LogP contribution in [0.25, 0.3) is 0 Å². The number of methoxy groups -OCH3 is 1. The molecule has 1 unspecified atom stereocenters. The first-order valence-electron chi connectivity index (χ1n) is 5.04. The molecule has 0 aliphatic heterocycles. The van der Waals surface area contributed by atoms with Crippen molar-refractivity contribution >= 4 is 0 Å². The SMILES string of the molecule is COc1ccc(OCC(O)C(F)(F)F)c(CO)c1. The van der Waals surface area contributed by atoms with Crippen LogP contribution in [0.2, 0.25) is 0 Å². The van der Waals surface area contributed by atoms with Crippen molar-refractivity contribution < 1.29 is 32.9 Å². The lowest BCUT2D eigenvalue weighted by Crippen LogP contribution is -2.34. The Labute approximate surface area is 102 Å². The van der Waals surface area contributed by atoms with Gasteiger partial charge in [0.1, 0.15) is 18.1 Å². The largest absolute Gasteiger partial charge is 0.497 e. The van der Waals surface area contributed by atoms with Crippen molar-refractivity contribution in [1.29, 1.82) is 0 Å². The summed E-state index contributed by atoms with van der Waals surface area (Å²) in [5, 5.41) is 17.8. The fraction of sp³-hybridized carbons (Fsp3) is 0.455. The maximum absolute atomic E-state index is 12.1. The Morgan fingerprint density at radius 1 is 1.33 bits per heavy atom. The van der Waals surface area contributed by atoms with Crippen molar-refractivity contribution in [3.63, 3.8) is 0 Å². The van der Waals surface area contributed by atoms with Gasteiger partial charge in [0, 0.05) is 5.56 Å². The van der Waals surface area contributed by atoms with Crippen LogP contribution in [0.4, 0.5) is 13.2 Å². The van der Waals surface area contributed by atoms with Gasteiger partial charge >= 0.3 is 6.18 Å². The number of aliphatic hydroxyl groups excluding tert-OH is 2. The normalized spacial score (nSPS) is 13.2. The third-order valence-electron chi connectivity index (χ3n) is 2.21. The predicted octanol–water partition coefficient (Wildman–Crippen LogP) is 1.49. The Bertz CT molecular complexity index is 392. The molecule has 2 N–H and O–H groups in total. The zero-order valence-electron chi connectivity index (χ0n) is 9.57. The molecule has 0 aliphatic rings. The minimum atomic E-state index is -4.73. The average Bonchev–Trinajstić information content (AvgIpc) is 2.34. The second kappa shape index (κ2) is 5.92. The Kier molecular flexibility index (Phi) is 4.80. The predicted molar refractivity (Wildman–Crippen MR) is 56.5 cm³/mol. The molecule has 0 radical (unpaired) electrons. The highest BCUT2D eigenvalue weighted by molar-refractivity contribution is 5.39. The fourth-order valence-corrected chi connectivity index (χ4v) is 1.21. The van der Waals surface area contributed by atoms with E-state index in [9.17, 15) is 13.2 Å². The average molecular weight is 266 g/mol. The maximum Gasteiger partial charge on any atom is 0.417 e. The minimum Gasteiger partial charge on any atom is -0.497 e. The van der Waals surface area contributed by atoms with Crippen LogP contribution in [-0.4, -0.2) is 36.2 Å². The van der Waals surface area contributed by atoms with Gasteiger partial charge < -0.3 is 19.7 Å². The van der Waals surface area contributed by atoms with E-state index in [0.717, 1.165) is 0 Å². The molecule has 0 aliphatic carbocycles. The van der Waals surface area contributed by atoms with Gasteiger partial charge in [0.2, 0.25) is 0 Å². The molecular weight excluding hydrogens is 253 g/mol. The summed E-state index contributed by atoms with van der Waals surface area (Å²) in [7, 11) is 1.42. The number of alkyl halides is 3. The van der Waals surface area contributed by atoms with Gasteiger partial charge in [-0.1, -0.05) is 0 Å². The lowest BCUT2D eigenvalue weighted by molar-refractivity contribution is -0.210. The van der Waals surface area contributed by atoms with Gasteiger partial charge in [-0.3, -0.25) is 0 Å². The van der Waals surface area contributed by atoms with Crippen LogP contribution in [-0.2, 0) is 6.61 Å².